The van der Waals surface area contributed by atoms with Crippen molar-refractivity contribution in [3.05, 3.63) is 29.8 Å². The lowest BCUT2D eigenvalue weighted by atomic mass is 10.3. The predicted octanol–water partition coefficient (Wildman–Crippen LogP) is 0.235. The van der Waals surface area contributed by atoms with Gasteiger partial charge < -0.3 is 21.7 Å². The number of hydrogen-bond acceptors (Lipinski definition) is 5. The van der Waals surface area contributed by atoms with Gasteiger partial charge in [-0.25, -0.2) is 4.68 Å². The lowest BCUT2D eigenvalue weighted by molar-refractivity contribution is 0.283. The molecule has 0 amide bonds. The minimum atomic E-state index is -0.286. The number of rotatable bonds is 2. The van der Waals surface area contributed by atoms with Crippen molar-refractivity contribution in [1.29, 1.82) is 0 Å². The Morgan fingerprint density at radius 2 is 1.94 bits per heavy atom. The molecule has 1 aromatic carbocycles. The Balaban J connectivity index is 2.62. The molecule has 0 aliphatic heterocycles. The molecule has 0 radical (unpaired) electrons. The van der Waals surface area contributed by atoms with Gasteiger partial charge >= 0.3 is 0 Å². The van der Waals surface area contributed by atoms with Crippen LogP contribution in [0.15, 0.2) is 24.3 Å². The zero-order valence-electron chi connectivity index (χ0n) is 8.46. The lowest BCUT2D eigenvalue weighted by Crippen LogP contribution is -2.03. The highest BCUT2D eigenvalue weighted by molar-refractivity contribution is 5.60. The number of aromatic hydroxyl groups is 1. The Kier molecular flexibility index (Phi) is 2.41. The van der Waals surface area contributed by atoms with Crippen molar-refractivity contribution in [2.24, 2.45) is 0 Å². The molecule has 1 heterocycles. The highest BCUT2D eigenvalue weighted by Gasteiger charge is 2.15. The van der Waals surface area contributed by atoms with Crippen LogP contribution in [-0.4, -0.2) is 20.0 Å². The second kappa shape index (κ2) is 3.74. The molecule has 6 nitrogen and oxygen atoms in total. The number of aliphatic hydroxyl groups excluding tert-OH is 1. The Hall–Kier alpha value is -2.21. The number of para-hydroxylation sites is 2. The smallest absolute Gasteiger partial charge is 0.153 e. The van der Waals surface area contributed by atoms with Crippen LogP contribution >= 0.6 is 0 Å². The molecule has 84 valence electrons. The molecule has 2 rings (SSSR count). The van der Waals surface area contributed by atoms with Crippen LogP contribution in [0, 0.1) is 0 Å². The van der Waals surface area contributed by atoms with Gasteiger partial charge in [0, 0.05) is 0 Å². The highest BCUT2D eigenvalue weighted by atomic mass is 16.3. The molecule has 0 unspecified atom stereocenters. The third-order valence-electron chi connectivity index (χ3n) is 2.32. The first kappa shape index (κ1) is 10.3. The number of anilines is 2. The van der Waals surface area contributed by atoms with E-state index in [0.717, 1.165) is 0 Å². The zero-order valence-corrected chi connectivity index (χ0v) is 8.46. The summed E-state index contributed by atoms with van der Waals surface area (Å²) in [6.45, 7) is -0.286. The van der Waals surface area contributed by atoms with Crippen LogP contribution < -0.4 is 11.5 Å². The Labute approximate surface area is 91.7 Å². The van der Waals surface area contributed by atoms with Crippen LogP contribution in [0.3, 0.4) is 0 Å². The number of nitrogens with two attached hydrogens (primary N) is 2. The van der Waals surface area contributed by atoms with Crippen molar-refractivity contribution in [2.75, 3.05) is 11.5 Å². The lowest BCUT2D eigenvalue weighted by Gasteiger charge is -2.05. The predicted molar refractivity (Wildman–Crippen MR) is 60.0 cm³/mol. The van der Waals surface area contributed by atoms with Gasteiger partial charge in [0.1, 0.15) is 17.3 Å². The second-order valence-corrected chi connectivity index (χ2v) is 3.31. The molecule has 6 N–H and O–H groups in total. The summed E-state index contributed by atoms with van der Waals surface area (Å²) in [5, 5.41) is 22.7. The molecule has 0 spiro atoms. The number of nitrogen functional groups attached to an aromatic ring is 2. The summed E-state index contributed by atoms with van der Waals surface area (Å²) in [4.78, 5) is 0. The first-order valence-corrected chi connectivity index (χ1v) is 4.67. The van der Waals surface area contributed by atoms with Crippen LogP contribution in [0.2, 0.25) is 0 Å². The monoisotopic (exact) mass is 220 g/mol. The fraction of sp³-hybridized carbons (Fsp3) is 0.100. The maximum absolute atomic E-state index is 9.64. The molecular formula is C10H12N4O2. The molecule has 0 saturated heterocycles. The van der Waals surface area contributed by atoms with E-state index in [1.165, 1.54) is 10.7 Å². The minimum Gasteiger partial charge on any atom is -0.506 e. The van der Waals surface area contributed by atoms with Crippen LogP contribution in [-0.2, 0) is 6.61 Å². The summed E-state index contributed by atoms with van der Waals surface area (Å²) in [5.41, 5.74) is 12.1. The number of phenolic OH excluding ortho intramolecular Hbond substituents is 1. The van der Waals surface area contributed by atoms with Crippen molar-refractivity contribution in [2.45, 2.75) is 6.61 Å². The molecule has 2 aromatic rings. The van der Waals surface area contributed by atoms with Crippen molar-refractivity contribution in [3.63, 3.8) is 0 Å². The Morgan fingerprint density at radius 3 is 2.50 bits per heavy atom. The van der Waals surface area contributed by atoms with Crippen LogP contribution in [0.4, 0.5) is 11.6 Å². The van der Waals surface area contributed by atoms with Gasteiger partial charge in [0.2, 0.25) is 0 Å². The number of phenols is 1. The summed E-state index contributed by atoms with van der Waals surface area (Å²) < 4.78 is 1.30. The Bertz CT molecular complexity index is 522. The first-order chi connectivity index (χ1) is 7.65. The van der Waals surface area contributed by atoms with Gasteiger partial charge in [0.25, 0.3) is 0 Å². The second-order valence-electron chi connectivity index (χ2n) is 3.31. The minimum absolute atomic E-state index is 0.0428. The summed E-state index contributed by atoms with van der Waals surface area (Å²) in [7, 11) is 0. The maximum Gasteiger partial charge on any atom is 0.153 e. The third kappa shape index (κ3) is 1.45. The molecule has 0 aliphatic carbocycles. The summed E-state index contributed by atoms with van der Waals surface area (Å²) in [6.07, 6.45) is 0. The van der Waals surface area contributed by atoms with E-state index in [4.69, 9.17) is 16.6 Å². The van der Waals surface area contributed by atoms with E-state index in [1.54, 1.807) is 18.2 Å². The molecule has 0 aliphatic rings. The van der Waals surface area contributed by atoms with E-state index >= 15 is 0 Å². The quantitative estimate of drug-likeness (QED) is 0.579. The van der Waals surface area contributed by atoms with Gasteiger partial charge in [-0.3, -0.25) is 0 Å². The van der Waals surface area contributed by atoms with E-state index in [-0.39, 0.29) is 24.0 Å². The van der Waals surface area contributed by atoms with E-state index in [9.17, 15) is 5.11 Å². The van der Waals surface area contributed by atoms with Crippen LogP contribution in [0.1, 0.15) is 5.56 Å². The third-order valence-corrected chi connectivity index (χ3v) is 2.32. The molecule has 6 heteroatoms. The van der Waals surface area contributed by atoms with Gasteiger partial charge in [-0.15, -0.1) is 5.10 Å². The fourth-order valence-electron chi connectivity index (χ4n) is 1.47. The Morgan fingerprint density at radius 1 is 1.25 bits per heavy atom. The number of aliphatic hydroxyl groups is 1. The average molecular weight is 220 g/mol. The SMILES string of the molecule is Nc1nn(-c2ccccc2O)c(N)c1CO. The molecular weight excluding hydrogens is 208 g/mol. The highest BCUT2D eigenvalue weighted by Crippen LogP contribution is 2.27. The van der Waals surface area contributed by atoms with E-state index < -0.39 is 0 Å². The number of nitrogens with zero attached hydrogens (tertiary/aromatic N) is 2. The molecule has 1 aromatic heterocycles. The van der Waals surface area contributed by atoms with E-state index in [2.05, 4.69) is 5.10 Å². The normalized spacial score (nSPS) is 10.6. The van der Waals surface area contributed by atoms with Crippen molar-refractivity contribution in [1.82, 2.24) is 9.78 Å². The number of hydrogen-bond donors (Lipinski definition) is 4. The zero-order chi connectivity index (χ0) is 11.7. The van der Waals surface area contributed by atoms with E-state index in [1.807, 2.05) is 0 Å². The van der Waals surface area contributed by atoms with Crippen molar-refractivity contribution in [3.8, 4) is 11.4 Å². The van der Waals surface area contributed by atoms with Crippen LogP contribution in [0.5, 0.6) is 5.75 Å². The molecule has 16 heavy (non-hydrogen) atoms. The van der Waals surface area contributed by atoms with Crippen molar-refractivity contribution < 1.29 is 10.2 Å². The van der Waals surface area contributed by atoms with Gasteiger partial charge in [-0.05, 0) is 12.1 Å². The molecule has 0 bridgehead atoms. The largest absolute Gasteiger partial charge is 0.506 e. The maximum atomic E-state index is 9.64. The first-order valence-electron chi connectivity index (χ1n) is 4.67. The molecule has 0 atom stereocenters. The molecule has 0 fully saturated rings. The van der Waals surface area contributed by atoms with Gasteiger partial charge in [-0.1, -0.05) is 12.1 Å². The van der Waals surface area contributed by atoms with E-state index in [0.29, 0.717) is 11.3 Å². The summed E-state index contributed by atoms with van der Waals surface area (Å²) in [6, 6.07) is 6.60. The standard InChI is InChI=1S/C10H12N4O2/c11-9-6(5-15)10(12)14(13-9)7-3-1-2-4-8(7)16/h1-4,15-16H,5,12H2,(H2,11,13). The number of aromatic nitrogens is 2. The van der Waals surface area contributed by atoms with Gasteiger partial charge in [-0.2, -0.15) is 0 Å². The fourth-order valence-corrected chi connectivity index (χ4v) is 1.47. The number of benzene rings is 1. The molecule has 0 saturated carbocycles. The summed E-state index contributed by atoms with van der Waals surface area (Å²) in [5.74, 6) is 0.422. The van der Waals surface area contributed by atoms with Crippen LogP contribution in [0.25, 0.3) is 5.69 Å². The topological polar surface area (TPSA) is 110 Å². The van der Waals surface area contributed by atoms with Gasteiger partial charge in [0.05, 0.1) is 12.2 Å². The average Bonchev–Trinajstić information content (AvgIpc) is 2.55. The summed E-state index contributed by atoms with van der Waals surface area (Å²) >= 11 is 0. The van der Waals surface area contributed by atoms with Gasteiger partial charge in [0.15, 0.2) is 5.82 Å². The van der Waals surface area contributed by atoms with Crippen molar-refractivity contribution >= 4 is 11.6 Å².